The second-order valence-electron chi connectivity index (χ2n) is 8.11. The van der Waals surface area contributed by atoms with E-state index in [-0.39, 0.29) is 5.91 Å². The van der Waals surface area contributed by atoms with E-state index in [1.807, 2.05) is 12.1 Å². The minimum Gasteiger partial charge on any atom is -0.365 e. The van der Waals surface area contributed by atoms with Gasteiger partial charge in [-0.15, -0.1) is 11.3 Å². The molecule has 0 fully saturated rings. The van der Waals surface area contributed by atoms with Crippen LogP contribution in [0.25, 0.3) is 6.08 Å². The van der Waals surface area contributed by atoms with Crippen LogP contribution in [0.15, 0.2) is 30.3 Å². The summed E-state index contributed by atoms with van der Waals surface area (Å²) in [4.78, 5) is 25.7. The van der Waals surface area contributed by atoms with E-state index in [0.29, 0.717) is 22.4 Å². The summed E-state index contributed by atoms with van der Waals surface area (Å²) in [7, 11) is 0. The van der Waals surface area contributed by atoms with Crippen LogP contribution >= 0.6 is 11.3 Å². The summed E-state index contributed by atoms with van der Waals surface area (Å²) in [6.45, 7) is 6.51. The van der Waals surface area contributed by atoms with Gasteiger partial charge < -0.3 is 11.1 Å². The van der Waals surface area contributed by atoms with Crippen LogP contribution < -0.4 is 11.1 Å². The molecule has 29 heavy (non-hydrogen) atoms. The zero-order valence-electron chi connectivity index (χ0n) is 17.5. The number of fused-ring (bicyclic) bond motifs is 1. The van der Waals surface area contributed by atoms with Crippen LogP contribution in [0.4, 0.5) is 5.00 Å². The molecular formula is C24H30N2O2S. The van der Waals surface area contributed by atoms with E-state index in [1.54, 1.807) is 6.08 Å². The molecular weight excluding hydrogens is 380 g/mol. The summed E-state index contributed by atoms with van der Waals surface area (Å²) in [5.74, 6) is 0.429. The molecule has 4 nitrogen and oxygen atoms in total. The van der Waals surface area contributed by atoms with Crippen LogP contribution in [0.1, 0.15) is 77.9 Å². The summed E-state index contributed by atoms with van der Waals surface area (Å²) in [5, 5.41) is 3.48. The molecule has 154 valence electrons. The van der Waals surface area contributed by atoms with Crippen LogP contribution in [0.3, 0.4) is 0 Å². The fourth-order valence-electron chi connectivity index (χ4n) is 3.98. The highest BCUT2D eigenvalue weighted by molar-refractivity contribution is 7.17. The Bertz CT molecular complexity index is 910. The van der Waals surface area contributed by atoms with E-state index < -0.39 is 5.91 Å². The molecule has 0 bridgehead atoms. The minimum absolute atomic E-state index is 0.246. The first-order valence-electron chi connectivity index (χ1n) is 10.4. The number of hydrogen-bond donors (Lipinski definition) is 2. The number of primary amides is 1. The van der Waals surface area contributed by atoms with Crippen molar-refractivity contribution in [3.63, 3.8) is 0 Å². The number of hydrogen-bond acceptors (Lipinski definition) is 3. The number of carbonyl (C=O) groups excluding carboxylic acids is 2. The molecule has 1 atom stereocenters. The van der Waals surface area contributed by atoms with Gasteiger partial charge >= 0.3 is 0 Å². The second kappa shape index (κ2) is 9.40. The number of nitrogens with one attached hydrogen (secondary N) is 1. The van der Waals surface area contributed by atoms with Gasteiger partial charge in [-0.05, 0) is 53.9 Å². The van der Waals surface area contributed by atoms with Crippen molar-refractivity contribution in [2.75, 3.05) is 5.32 Å². The van der Waals surface area contributed by atoms with Gasteiger partial charge in [-0.25, -0.2) is 0 Å². The first kappa shape index (κ1) is 21.3. The first-order valence-corrected chi connectivity index (χ1v) is 11.2. The van der Waals surface area contributed by atoms with Crippen molar-refractivity contribution in [2.45, 2.75) is 58.8 Å². The fraction of sp³-hybridized carbons (Fsp3) is 0.417. The van der Waals surface area contributed by atoms with E-state index >= 15 is 0 Å². The van der Waals surface area contributed by atoms with Crippen molar-refractivity contribution < 1.29 is 9.59 Å². The maximum absolute atomic E-state index is 12.5. The Hall–Kier alpha value is -2.40. The molecule has 0 spiro atoms. The molecule has 1 aromatic heterocycles. The normalized spacial score (nSPS) is 16.2. The smallest absolute Gasteiger partial charge is 0.251 e. The predicted octanol–water partition coefficient (Wildman–Crippen LogP) is 5.53. The van der Waals surface area contributed by atoms with E-state index in [0.717, 1.165) is 30.4 Å². The van der Waals surface area contributed by atoms with Crippen LogP contribution in [0.2, 0.25) is 0 Å². The third kappa shape index (κ3) is 5.15. The highest BCUT2D eigenvalue weighted by atomic mass is 32.1. The number of carbonyl (C=O) groups is 2. The topological polar surface area (TPSA) is 72.2 Å². The molecule has 1 aliphatic carbocycles. The van der Waals surface area contributed by atoms with E-state index in [9.17, 15) is 9.59 Å². The lowest BCUT2D eigenvalue weighted by molar-refractivity contribution is -0.111. The molecule has 1 aromatic carbocycles. The molecule has 1 aliphatic rings. The molecule has 2 amide bonds. The van der Waals surface area contributed by atoms with E-state index in [1.165, 1.54) is 40.7 Å². The van der Waals surface area contributed by atoms with Crippen molar-refractivity contribution >= 4 is 34.2 Å². The summed E-state index contributed by atoms with van der Waals surface area (Å²) >= 11 is 1.51. The Morgan fingerprint density at radius 2 is 2.00 bits per heavy atom. The van der Waals surface area contributed by atoms with E-state index in [4.69, 9.17) is 5.73 Å². The van der Waals surface area contributed by atoms with Gasteiger partial charge in [-0.1, -0.05) is 57.9 Å². The van der Waals surface area contributed by atoms with Crippen molar-refractivity contribution in [2.24, 2.45) is 11.7 Å². The lowest BCUT2D eigenvalue weighted by atomic mass is 9.84. The van der Waals surface area contributed by atoms with Crippen molar-refractivity contribution in [1.29, 1.82) is 0 Å². The Kier molecular flexibility index (Phi) is 6.91. The Morgan fingerprint density at radius 3 is 2.62 bits per heavy atom. The lowest BCUT2D eigenvalue weighted by Gasteiger charge is -2.21. The third-order valence-corrected chi connectivity index (χ3v) is 6.75. The zero-order valence-corrected chi connectivity index (χ0v) is 18.3. The molecule has 0 saturated heterocycles. The maximum atomic E-state index is 12.5. The van der Waals surface area contributed by atoms with Gasteiger partial charge in [0.15, 0.2) is 0 Å². The number of benzene rings is 1. The molecule has 0 unspecified atom stereocenters. The molecule has 1 heterocycles. The lowest BCUT2D eigenvalue weighted by Crippen LogP contribution is -2.19. The van der Waals surface area contributed by atoms with Gasteiger partial charge in [-0.3, -0.25) is 9.59 Å². The number of nitrogens with two attached hydrogens (primary N) is 1. The standard InChI is InChI=1S/C24H30N2O2S/c1-4-5-17-8-12-19-20(14-17)29-24(22(19)23(25)28)26-21(27)13-9-16-6-10-18(11-7-16)15(2)3/h6-7,9-11,13,15,17H,4-5,8,12,14H2,1-3H3,(H2,25,28)(H,26,27)/b13-9+/t17-/m0/s1. The van der Waals surface area contributed by atoms with Crippen LogP contribution in [0, 0.1) is 5.92 Å². The summed E-state index contributed by atoms with van der Waals surface area (Å²) in [6, 6.07) is 8.16. The molecule has 3 N–H and O–H groups in total. The van der Waals surface area contributed by atoms with Crippen molar-refractivity contribution in [3.05, 3.63) is 57.5 Å². The number of anilines is 1. The Morgan fingerprint density at radius 1 is 1.28 bits per heavy atom. The Balaban J connectivity index is 1.73. The monoisotopic (exact) mass is 410 g/mol. The zero-order chi connectivity index (χ0) is 21.0. The van der Waals surface area contributed by atoms with Gasteiger partial charge in [0.25, 0.3) is 5.91 Å². The van der Waals surface area contributed by atoms with Gasteiger partial charge in [0.05, 0.1) is 5.56 Å². The second-order valence-corrected chi connectivity index (χ2v) is 9.22. The summed E-state index contributed by atoms with van der Waals surface area (Å²) in [5.41, 5.74) is 9.43. The number of rotatable bonds is 7. The minimum atomic E-state index is -0.458. The quantitative estimate of drug-likeness (QED) is 0.589. The average molecular weight is 411 g/mol. The Labute approximate surface area is 177 Å². The molecule has 0 radical (unpaired) electrons. The number of thiophene rings is 1. The molecule has 2 aromatic rings. The maximum Gasteiger partial charge on any atom is 0.251 e. The summed E-state index contributed by atoms with van der Waals surface area (Å²) < 4.78 is 0. The molecule has 5 heteroatoms. The highest BCUT2D eigenvalue weighted by Gasteiger charge is 2.28. The van der Waals surface area contributed by atoms with E-state index in [2.05, 4.69) is 38.2 Å². The fourth-order valence-corrected chi connectivity index (χ4v) is 5.35. The molecule has 0 saturated carbocycles. The van der Waals surface area contributed by atoms with Crippen molar-refractivity contribution in [1.82, 2.24) is 0 Å². The SMILES string of the molecule is CCC[C@H]1CCc2c(sc(NC(=O)/C=C/c3ccc(C(C)C)cc3)c2C(N)=O)C1. The molecule has 3 rings (SSSR count). The highest BCUT2D eigenvalue weighted by Crippen LogP contribution is 2.40. The van der Waals surface area contributed by atoms with Gasteiger partial charge in [0, 0.05) is 11.0 Å². The first-order chi connectivity index (χ1) is 13.9. The van der Waals surface area contributed by atoms with Gasteiger partial charge in [0.2, 0.25) is 5.91 Å². The predicted molar refractivity (Wildman–Crippen MR) is 121 cm³/mol. The largest absolute Gasteiger partial charge is 0.365 e. The van der Waals surface area contributed by atoms with Crippen LogP contribution in [0.5, 0.6) is 0 Å². The van der Waals surface area contributed by atoms with Gasteiger partial charge in [-0.2, -0.15) is 0 Å². The third-order valence-electron chi connectivity index (χ3n) is 5.58. The summed E-state index contributed by atoms with van der Waals surface area (Å²) in [6.07, 6.45) is 8.58. The molecule has 0 aliphatic heterocycles. The van der Waals surface area contributed by atoms with Crippen LogP contribution in [-0.4, -0.2) is 11.8 Å². The van der Waals surface area contributed by atoms with Gasteiger partial charge in [0.1, 0.15) is 5.00 Å². The van der Waals surface area contributed by atoms with Crippen molar-refractivity contribution in [3.8, 4) is 0 Å². The number of amides is 2. The van der Waals surface area contributed by atoms with Crippen LogP contribution in [-0.2, 0) is 17.6 Å². The average Bonchev–Trinajstić information content (AvgIpc) is 3.04.